The number of likely N-dealkylation sites (tertiary alicyclic amines) is 1. The molecule has 2 fully saturated rings. The second-order valence-electron chi connectivity index (χ2n) is 7.08. The zero-order chi connectivity index (χ0) is 17.6. The Morgan fingerprint density at radius 1 is 1.28 bits per heavy atom. The molecule has 2 unspecified atom stereocenters. The van der Waals surface area contributed by atoms with E-state index in [1.807, 2.05) is 17.0 Å². The summed E-state index contributed by atoms with van der Waals surface area (Å²) in [5, 5.41) is 3.14. The van der Waals surface area contributed by atoms with E-state index in [0.29, 0.717) is 0 Å². The van der Waals surface area contributed by atoms with Gasteiger partial charge in [-0.05, 0) is 43.9 Å². The quantitative estimate of drug-likeness (QED) is 0.887. The van der Waals surface area contributed by atoms with Crippen molar-refractivity contribution in [2.45, 2.75) is 38.3 Å². The third-order valence-corrected chi connectivity index (χ3v) is 5.03. The van der Waals surface area contributed by atoms with Gasteiger partial charge in [-0.25, -0.2) is 9.18 Å². The number of nitrogens with one attached hydrogen (secondary N) is 1. The summed E-state index contributed by atoms with van der Waals surface area (Å²) < 4.78 is 18.4. The first-order valence-electron chi connectivity index (χ1n) is 9.23. The van der Waals surface area contributed by atoms with Gasteiger partial charge in [0.05, 0.1) is 13.2 Å². The summed E-state index contributed by atoms with van der Waals surface area (Å²) in [6, 6.07) is 6.91. The van der Waals surface area contributed by atoms with Crippen LogP contribution in [0.3, 0.4) is 0 Å². The Balaban J connectivity index is 1.50. The van der Waals surface area contributed by atoms with Crippen LogP contribution in [-0.4, -0.2) is 67.3 Å². The van der Waals surface area contributed by atoms with Gasteiger partial charge in [-0.15, -0.1) is 0 Å². The van der Waals surface area contributed by atoms with Crippen LogP contribution in [0.4, 0.5) is 9.18 Å². The van der Waals surface area contributed by atoms with Crippen LogP contribution in [0.2, 0.25) is 0 Å². The van der Waals surface area contributed by atoms with E-state index in [2.05, 4.69) is 17.1 Å². The Labute approximate surface area is 149 Å². The molecule has 0 spiro atoms. The summed E-state index contributed by atoms with van der Waals surface area (Å²) in [7, 11) is 0. The van der Waals surface area contributed by atoms with Crippen LogP contribution in [-0.2, 0) is 11.2 Å². The van der Waals surface area contributed by atoms with E-state index in [1.165, 1.54) is 12.1 Å². The molecular weight excluding hydrogens is 321 g/mol. The van der Waals surface area contributed by atoms with Gasteiger partial charge in [0.1, 0.15) is 5.82 Å². The van der Waals surface area contributed by atoms with Crippen molar-refractivity contribution in [3.05, 3.63) is 35.6 Å². The Bertz CT molecular complexity index is 560. The van der Waals surface area contributed by atoms with Gasteiger partial charge in [0.25, 0.3) is 0 Å². The number of carbonyl (C=O) groups excluding carboxylic acids is 1. The number of benzene rings is 1. The molecule has 2 saturated heterocycles. The molecule has 0 saturated carbocycles. The van der Waals surface area contributed by atoms with Crippen LogP contribution in [0.25, 0.3) is 0 Å². The van der Waals surface area contributed by atoms with Crippen LogP contribution in [0.15, 0.2) is 24.3 Å². The molecular formula is C19H28FN3O2. The van der Waals surface area contributed by atoms with E-state index in [4.69, 9.17) is 4.74 Å². The molecule has 0 bridgehead atoms. The average Bonchev–Trinajstić information content (AvgIpc) is 3.06. The Kier molecular flexibility index (Phi) is 6.26. The maximum absolute atomic E-state index is 13.1. The van der Waals surface area contributed by atoms with Gasteiger partial charge in [-0.2, -0.15) is 0 Å². The van der Waals surface area contributed by atoms with Crippen molar-refractivity contribution < 1.29 is 13.9 Å². The van der Waals surface area contributed by atoms with Gasteiger partial charge >= 0.3 is 6.03 Å². The molecule has 0 aliphatic carbocycles. The maximum atomic E-state index is 13.1. The molecule has 1 aromatic carbocycles. The minimum Gasteiger partial charge on any atom is -0.379 e. The third kappa shape index (κ3) is 5.16. The first-order chi connectivity index (χ1) is 12.1. The number of ether oxygens (including phenoxy) is 1. The van der Waals surface area contributed by atoms with E-state index in [9.17, 15) is 9.18 Å². The molecule has 3 rings (SSSR count). The molecule has 1 N–H and O–H groups in total. The van der Waals surface area contributed by atoms with Crippen LogP contribution >= 0.6 is 0 Å². The highest BCUT2D eigenvalue weighted by Crippen LogP contribution is 2.21. The first kappa shape index (κ1) is 18.1. The van der Waals surface area contributed by atoms with Crippen LogP contribution in [0.1, 0.15) is 25.3 Å². The summed E-state index contributed by atoms with van der Waals surface area (Å²) in [6.07, 6.45) is 2.81. The van der Waals surface area contributed by atoms with Gasteiger partial charge in [0.2, 0.25) is 0 Å². The monoisotopic (exact) mass is 349 g/mol. The predicted molar refractivity (Wildman–Crippen MR) is 95.1 cm³/mol. The van der Waals surface area contributed by atoms with Gasteiger partial charge in [-0.1, -0.05) is 12.1 Å². The number of hydrogen-bond donors (Lipinski definition) is 1. The molecule has 0 aromatic heterocycles. The van der Waals surface area contributed by atoms with E-state index < -0.39 is 0 Å². The summed E-state index contributed by atoms with van der Waals surface area (Å²) >= 11 is 0. The molecule has 6 heteroatoms. The molecule has 2 aliphatic heterocycles. The molecule has 138 valence electrons. The van der Waals surface area contributed by atoms with Crippen LogP contribution in [0.5, 0.6) is 0 Å². The van der Waals surface area contributed by atoms with Crippen molar-refractivity contribution in [3.8, 4) is 0 Å². The molecule has 1 aromatic rings. The lowest BCUT2D eigenvalue weighted by Gasteiger charge is -2.31. The minimum atomic E-state index is -0.221. The zero-order valence-electron chi connectivity index (χ0n) is 14.9. The minimum absolute atomic E-state index is 0.0189. The third-order valence-electron chi connectivity index (χ3n) is 5.03. The SMILES string of the molecule is CC(CN1CCOCC1)NC(=O)N1CCCC1Cc1ccc(F)cc1. The molecule has 25 heavy (non-hydrogen) atoms. The highest BCUT2D eigenvalue weighted by molar-refractivity contribution is 5.75. The van der Waals surface area contributed by atoms with Crippen molar-refractivity contribution in [2.24, 2.45) is 0 Å². The lowest BCUT2D eigenvalue weighted by molar-refractivity contribution is 0.0346. The standard InChI is InChI=1S/C19H28FN3O2/c1-15(14-22-9-11-25-12-10-22)21-19(24)23-8-2-3-18(23)13-16-4-6-17(20)7-5-16/h4-7,15,18H,2-3,8-14H2,1H3,(H,21,24). The molecule has 2 atom stereocenters. The smallest absolute Gasteiger partial charge is 0.317 e. The Hall–Kier alpha value is -1.66. The number of nitrogens with zero attached hydrogens (tertiary/aromatic N) is 2. The van der Waals surface area contributed by atoms with E-state index in [-0.39, 0.29) is 23.9 Å². The highest BCUT2D eigenvalue weighted by Gasteiger charge is 2.29. The number of rotatable bonds is 5. The molecule has 2 heterocycles. The van der Waals surface area contributed by atoms with Crippen LogP contribution < -0.4 is 5.32 Å². The van der Waals surface area contributed by atoms with Crippen molar-refractivity contribution in [3.63, 3.8) is 0 Å². The van der Waals surface area contributed by atoms with Crippen molar-refractivity contribution in [1.82, 2.24) is 15.1 Å². The van der Waals surface area contributed by atoms with Crippen molar-refractivity contribution in [2.75, 3.05) is 39.4 Å². The Morgan fingerprint density at radius 2 is 2.00 bits per heavy atom. The summed E-state index contributed by atoms with van der Waals surface area (Å²) in [6.45, 7) is 7.10. The lowest BCUT2D eigenvalue weighted by atomic mass is 10.0. The average molecular weight is 349 g/mol. The fraction of sp³-hybridized carbons (Fsp3) is 0.632. The number of carbonyl (C=O) groups is 1. The Morgan fingerprint density at radius 3 is 2.72 bits per heavy atom. The normalized spacial score (nSPS) is 22.8. The molecule has 0 radical (unpaired) electrons. The second kappa shape index (κ2) is 8.63. The zero-order valence-corrected chi connectivity index (χ0v) is 14.9. The van der Waals surface area contributed by atoms with E-state index >= 15 is 0 Å². The van der Waals surface area contributed by atoms with E-state index in [1.54, 1.807) is 0 Å². The molecule has 2 amide bonds. The predicted octanol–water partition coefficient (Wildman–Crippen LogP) is 2.26. The van der Waals surface area contributed by atoms with Crippen molar-refractivity contribution >= 4 is 6.03 Å². The van der Waals surface area contributed by atoms with E-state index in [0.717, 1.165) is 64.2 Å². The second-order valence-corrected chi connectivity index (χ2v) is 7.08. The number of morpholine rings is 1. The summed E-state index contributed by atoms with van der Waals surface area (Å²) in [4.78, 5) is 16.9. The number of hydrogen-bond acceptors (Lipinski definition) is 3. The summed E-state index contributed by atoms with van der Waals surface area (Å²) in [5.41, 5.74) is 1.08. The number of urea groups is 1. The molecule has 2 aliphatic rings. The van der Waals surface area contributed by atoms with Gasteiger partial charge in [-0.3, -0.25) is 4.90 Å². The maximum Gasteiger partial charge on any atom is 0.317 e. The highest BCUT2D eigenvalue weighted by atomic mass is 19.1. The van der Waals surface area contributed by atoms with Crippen molar-refractivity contribution in [1.29, 1.82) is 0 Å². The summed E-state index contributed by atoms with van der Waals surface area (Å²) in [5.74, 6) is -0.221. The van der Waals surface area contributed by atoms with Gasteiger partial charge in [0.15, 0.2) is 0 Å². The van der Waals surface area contributed by atoms with Crippen LogP contribution in [0, 0.1) is 5.82 Å². The topological polar surface area (TPSA) is 44.8 Å². The fourth-order valence-corrected chi connectivity index (χ4v) is 3.72. The molecule has 5 nitrogen and oxygen atoms in total. The lowest BCUT2D eigenvalue weighted by Crippen LogP contribution is -2.51. The first-order valence-corrected chi connectivity index (χ1v) is 9.23. The number of halogens is 1. The number of amides is 2. The largest absolute Gasteiger partial charge is 0.379 e. The van der Waals surface area contributed by atoms with Gasteiger partial charge < -0.3 is 15.0 Å². The van der Waals surface area contributed by atoms with Gasteiger partial charge in [0, 0.05) is 38.3 Å². The fourth-order valence-electron chi connectivity index (χ4n) is 3.72.